The quantitative estimate of drug-likeness (QED) is 0.850. The van der Waals surface area contributed by atoms with E-state index in [0.717, 1.165) is 6.42 Å². The fraction of sp³-hybridized carbons (Fsp3) is 0.450. The van der Waals surface area contributed by atoms with E-state index in [1.165, 1.54) is 22.0 Å². The number of benzene rings is 1. The average molecular weight is 323 g/mol. The van der Waals surface area contributed by atoms with E-state index in [0.29, 0.717) is 12.3 Å². The fourth-order valence-corrected chi connectivity index (χ4v) is 3.72. The lowest BCUT2D eigenvalue weighted by Gasteiger charge is -2.25. The SMILES string of the molecule is C#CCNC(=O)[C@@H]1Cc2cn(C)c3cccc(c23)[C@H](CC(C)C)N1. The van der Waals surface area contributed by atoms with Crippen LogP contribution in [0, 0.1) is 18.3 Å². The fourth-order valence-electron chi connectivity index (χ4n) is 3.72. The molecule has 1 aliphatic rings. The maximum Gasteiger partial charge on any atom is 0.238 e. The first-order valence-corrected chi connectivity index (χ1v) is 8.55. The second-order valence-corrected chi connectivity index (χ2v) is 7.03. The standard InChI is InChI=1S/C20H25N3O/c1-5-9-21-20(24)17-11-14-12-23(4)18-8-6-7-15(19(14)18)16(22-17)10-13(2)3/h1,6-8,12-13,16-17,22H,9-11H2,2-4H3,(H,21,24)/t16-,17-/m0/s1. The Balaban J connectivity index is 2.04. The van der Waals surface area contributed by atoms with Gasteiger partial charge in [-0.3, -0.25) is 10.1 Å². The summed E-state index contributed by atoms with van der Waals surface area (Å²) in [7, 11) is 2.06. The summed E-state index contributed by atoms with van der Waals surface area (Å²) in [4.78, 5) is 12.5. The van der Waals surface area contributed by atoms with E-state index < -0.39 is 0 Å². The van der Waals surface area contributed by atoms with Crippen LogP contribution in [0.1, 0.15) is 37.4 Å². The van der Waals surface area contributed by atoms with Crippen LogP contribution in [0.4, 0.5) is 0 Å². The lowest BCUT2D eigenvalue weighted by atomic mass is 9.94. The van der Waals surface area contributed by atoms with Crippen LogP contribution in [-0.2, 0) is 18.3 Å². The number of hydrogen-bond donors (Lipinski definition) is 2. The molecule has 0 radical (unpaired) electrons. The van der Waals surface area contributed by atoms with Gasteiger partial charge in [0.05, 0.1) is 12.6 Å². The van der Waals surface area contributed by atoms with Gasteiger partial charge in [-0.25, -0.2) is 0 Å². The van der Waals surface area contributed by atoms with Gasteiger partial charge in [0, 0.05) is 30.2 Å². The molecule has 0 aliphatic carbocycles. The highest BCUT2D eigenvalue weighted by molar-refractivity contribution is 5.90. The largest absolute Gasteiger partial charge is 0.350 e. The number of nitrogens with zero attached hydrogens (tertiary/aromatic N) is 1. The minimum absolute atomic E-state index is 0.0217. The highest BCUT2D eigenvalue weighted by Gasteiger charge is 2.30. The minimum atomic E-state index is -0.264. The molecule has 2 atom stereocenters. The van der Waals surface area contributed by atoms with Gasteiger partial charge >= 0.3 is 0 Å². The first-order chi connectivity index (χ1) is 11.5. The normalized spacial score (nSPS) is 20.0. The summed E-state index contributed by atoms with van der Waals surface area (Å²) in [5.41, 5.74) is 3.74. The average Bonchev–Trinajstić information content (AvgIpc) is 2.78. The van der Waals surface area contributed by atoms with Crippen molar-refractivity contribution in [3.8, 4) is 12.3 Å². The third-order valence-electron chi connectivity index (χ3n) is 4.72. The van der Waals surface area contributed by atoms with E-state index >= 15 is 0 Å². The number of aromatic nitrogens is 1. The molecular weight excluding hydrogens is 298 g/mol. The number of carbonyl (C=O) groups excluding carboxylic acids is 1. The predicted molar refractivity (Wildman–Crippen MR) is 97.6 cm³/mol. The van der Waals surface area contributed by atoms with Crippen molar-refractivity contribution in [1.82, 2.24) is 15.2 Å². The minimum Gasteiger partial charge on any atom is -0.350 e. The Morgan fingerprint density at radius 3 is 3.00 bits per heavy atom. The summed E-state index contributed by atoms with van der Waals surface area (Å²) in [6.07, 6.45) is 9.10. The first kappa shape index (κ1) is 16.6. The Kier molecular flexibility index (Phi) is 4.64. The van der Waals surface area contributed by atoms with Crippen LogP contribution in [0.5, 0.6) is 0 Å². The molecular formula is C20H25N3O. The molecule has 0 spiro atoms. The maximum atomic E-state index is 12.5. The summed E-state index contributed by atoms with van der Waals surface area (Å²) in [5.74, 6) is 2.99. The molecule has 2 aromatic rings. The molecule has 0 bridgehead atoms. The molecule has 4 heteroatoms. The molecule has 0 unspecified atom stereocenters. The predicted octanol–water partition coefficient (Wildman–Crippen LogP) is 2.53. The van der Waals surface area contributed by atoms with Gasteiger partial charge in [-0.1, -0.05) is 31.9 Å². The van der Waals surface area contributed by atoms with Gasteiger partial charge in [-0.15, -0.1) is 6.42 Å². The van der Waals surface area contributed by atoms with Gasteiger partial charge in [0.2, 0.25) is 5.91 Å². The van der Waals surface area contributed by atoms with Crippen molar-refractivity contribution in [2.45, 2.75) is 38.8 Å². The topological polar surface area (TPSA) is 46.1 Å². The van der Waals surface area contributed by atoms with E-state index in [1.54, 1.807) is 0 Å². The van der Waals surface area contributed by atoms with Crippen molar-refractivity contribution in [2.24, 2.45) is 13.0 Å². The summed E-state index contributed by atoms with van der Waals surface area (Å²) in [5, 5.41) is 7.70. The summed E-state index contributed by atoms with van der Waals surface area (Å²) in [6.45, 7) is 4.70. The maximum absolute atomic E-state index is 12.5. The van der Waals surface area contributed by atoms with Gasteiger partial charge in [0.1, 0.15) is 0 Å². The van der Waals surface area contributed by atoms with Crippen LogP contribution in [0.25, 0.3) is 10.9 Å². The van der Waals surface area contributed by atoms with Crippen LogP contribution in [0.2, 0.25) is 0 Å². The van der Waals surface area contributed by atoms with E-state index in [9.17, 15) is 4.79 Å². The van der Waals surface area contributed by atoms with E-state index in [-0.39, 0.29) is 24.5 Å². The molecule has 1 aromatic heterocycles. The van der Waals surface area contributed by atoms with Crippen molar-refractivity contribution in [2.75, 3.05) is 6.54 Å². The lowest BCUT2D eigenvalue weighted by Crippen LogP contribution is -2.46. The molecule has 1 aromatic carbocycles. The third-order valence-corrected chi connectivity index (χ3v) is 4.72. The van der Waals surface area contributed by atoms with Crippen molar-refractivity contribution in [3.05, 3.63) is 35.5 Å². The van der Waals surface area contributed by atoms with Gasteiger partial charge in [0.15, 0.2) is 0 Å². The Morgan fingerprint density at radius 1 is 1.50 bits per heavy atom. The summed E-state index contributed by atoms with van der Waals surface area (Å²) in [6, 6.07) is 6.34. The number of hydrogen-bond acceptors (Lipinski definition) is 2. The van der Waals surface area contributed by atoms with Crippen LogP contribution >= 0.6 is 0 Å². The Morgan fingerprint density at radius 2 is 2.29 bits per heavy atom. The number of rotatable bonds is 4. The van der Waals surface area contributed by atoms with Gasteiger partial charge in [-0.2, -0.15) is 0 Å². The monoisotopic (exact) mass is 323 g/mol. The highest BCUT2D eigenvalue weighted by Crippen LogP contribution is 2.35. The molecule has 1 amide bonds. The van der Waals surface area contributed by atoms with Crippen LogP contribution < -0.4 is 10.6 Å². The molecule has 1 aliphatic heterocycles. The molecule has 0 fully saturated rings. The second kappa shape index (κ2) is 6.70. The van der Waals surface area contributed by atoms with E-state index in [2.05, 4.69) is 66.4 Å². The smallest absolute Gasteiger partial charge is 0.238 e. The molecule has 24 heavy (non-hydrogen) atoms. The lowest BCUT2D eigenvalue weighted by molar-refractivity contribution is -0.123. The van der Waals surface area contributed by atoms with Crippen molar-refractivity contribution < 1.29 is 4.79 Å². The molecule has 2 N–H and O–H groups in total. The Hall–Kier alpha value is -2.25. The molecule has 0 saturated heterocycles. The van der Waals surface area contributed by atoms with Crippen molar-refractivity contribution in [1.29, 1.82) is 0 Å². The number of nitrogens with one attached hydrogen (secondary N) is 2. The molecule has 3 rings (SSSR count). The van der Waals surface area contributed by atoms with E-state index in [1.807, 2.05) is 0 Å². The van der Waals surface area contributed by atoms with Gasteiger partial charge in [-0.05, 0) is 36.0 Å². The Bertz CT molecular complexity index is 797. The summed E-state index contributed by atoms with van der Waals surface area (Å²) < 4.78 is 2.16. The number of terminal acetylenes is 1. The zero-order valence-corrected chi connectivity index (χ0v) is 14.6. The number of aryl methyl sites for hydroxylation is 1. The third kappa shape index (κ3) is 3.05. The molecule has 0 saturated carbocycles. The van der Waals surface area contributed by atoms with Gasteiger partial charge in [0.25, 0.3) is 0 Å². The van der Waals surface area contributed by atoms with Crippen LogP contribution in [0.3, 0.4) is 0 Å². The zero-order chi connectivity index (χ0) is 17.3. The molecule has 4 nitrogen and oxygen atoms in total. The second-order valence-electron chi connectivity index (χ2n) is 7.03. The summed E-state index contributed by atoms with van der Waals surface area (Å²) >= 11 is 0. The Labute approximate surface area is 143 Å². The molecule has 2 heterocycles. The number of carbonyl (C=O) groups is 1. The first-order valence-electron chi connectivity index (χ1n) is 8.55. The highest BCUT2D eigenvalue weighted by atomic mass is 16.2. The van der Waals surface area contributed by atoms with E-state index in [4.69, 9.17) is 6.42 Å². The van der Waals surface area contributed by atoms with Crippen LogP contribution in [0.15, 0.2) is 24.4 Å². The zero-order valence-electron chi connectivity index (χ0n) is 14.6. The van der Waals surface area contributed by atoms with Crippen molar-refractivity contribution >= 4 is 16.8 Å². The van der Waals surface area contributed by atoms with Gasteiger partial charge < -0.3 is 9.88 Å². The van der Waals surface area contributed by atoms with Crippen LogP contribution in [-0.4, -0.2) is 23.1 Å². The van der Waals surface area contributed by atoms with Crippen molar-refractivity contribution in [3.63, 3.8) is 0 Å². The molecule has 126 valence electrons. The number of amides is 1.